The van der Waals surface area contributed by atoms with Crippen LogP contribution in [0.2, 0.25) is 0 Å². The molecule has 0 unspecified atom stereocenters. The van der Waals surface area contributed by atoms with Crippen LogP contribution < -0.4 is 0 Å². The minimum absolute atomic E-state index is 0.0490. The molecule has 0 aromatic rings. The molecule has 0 aromatic carbocycles. The highest BCUT2D eigenvalue weighted by Crippen LogP contribution is 2.30. The van der Waals surface area contributed by atoms with Gasteiger partial charge in [0.1, 0.15) is 0 Å². The van der Waals surface area contributed by atoms with Crippen molar-refractivity contribution in [2.45, 2.75) is 40.5 Å². The molecule has 0 radical (unpaired) electrons. The van der Waals surface area contributed by atoms with Gasteiger partial charge in [0.05, 0.1) is 0 Å². The van der Waals surface area contributed by atoms with Crippen LogP contribution in [-0.2, 0) is 0 Å². The fourth-order valence-corrected chi connectivity index (χ4v) is 2.33. The highest BCUT2D eigenvalue weighted by atomic mass is 16.3. The lowest BCUT2D eigenvalue weighted by Crippen LogP contribution is -2.45. The summed E-state index contributed by atoms with van der Waals surface area (Å²) in [5, 5.41) is 9.23. The van der Waals surface area contributed by atoms with Crippen molar-refractivity contribution >= 4 is 0 Å². The van der Waals surface area contributed by atoms with Crippen molar-refractivity contribution in [3.8, 4) is 0 Å². The number of hydrogen-bond acceptors (Lipinski definition) is 2. The van der Waals surface area contributed by atoms with Crippen molar-refractivity contribution < 1.29 is 5.11 Å². The lowest BCUT2D eigenvalue weighted by atomic mass is 9.83. The summed E-state index contributed by atoms with van der Waals surface area (Å²) in [5.74, 6) is 0. The standard InChI is InChI=1S/C12H25NO/c1-11(2)6-5-7-13(8-11)9-12(3,4)10-14/h14H,5-10H2,1-4H3. The van der Waals surface area contributed by atoms with Gasteiger partial charge in [0.2, 0.25) is 0 Å². The van der Waals surface area contributed by atoms with Gasteiger partial charge in [-0.05, 0) is 24.8 Å². The van der Waals surface area contributed by atoms with E-state index in [0.717, 1.165) is 6.54 Å². The van der Waals surface area contributed by atoms with Gasteiger partial charge in [-0.25, -0.2) is 0 Å². The minimum atomic E-state index is 0.0490. The number of aliphatic hydroxyl groups is 1. The fraction of sp³-hybridized carbons (Fsp3) is 1.00. The summed E-state index contributed by atoms with van der Waals surface area (Å²) in [5.41, 5.74) is 0.511. The van der Waals surface area contributed by atoms with Crippen molar-refractivity contribution in [3.63, 3.8) is 0 Å². The van der Waals surface area contributed by atoms with Gasteiger partial charge < -0.3 is 10.0 Å². The summed E-state index contributed by atoms with van der Waals surface area (Å²) in [4.78, 5) is 2.50. The van der Waals surface area contributed by atoms with E-state index in [-0.39, 0.29) is 12.0 Å². The Morgan fingerprint density at radius 3 is 2.50 bits per heavy atom. The maximum absolute atomic E-state index is 9.23. The number of piperidine rings is 1. The van der Waals surface area contributed by atoms with Gasteiger partial charge in [-0.2, -0.15) is 0 Å². The van der Waals surface area contributed by atoms with E-state index in [1.54, 1.807) is 0 Å². The number of rotatable bonds is 3. The van der Waals surface area contributed by atoms with Gasteiger partial charge in [-0.15, -0.1) is 0 Å². The second-order valence-electron chi connectivity index (χ2n) is 6.30. The Morgan fingerprint density at radius 2 is 2.00 bits per heavy atom. The summed E-state index contributed by atoms with van der Waals surface area (Å²) >= 11 is 0. The zero-order valence-electron chi connectivity index (χ0n) is 10.1. The molecule has 1 aliphatic rings. The summed E-state index contributed by atoms with van der Waals surface area (Å²) in [6.45, 7) is 12.6. The molecule has 0 aromatic heterocycles. The van der Waals surface area contributed by atoms with Crippen molar-refractivity contribution in [2.75, 3.05) is 26.2 Å². The second-order valence-corrected chi connectivity index (χ2v) is 6.30. The molecule has 0 atom stereocenters. The van der Waals surface area contributed by atoms with Crippen LogP contribution >= 0.6 is 0 Å². The molecule has 0 saturated carbocycles. The molecule has 1 N–H and O–H groups in total. The van der Waals surface area contributed by atoms with E-state index in [9.17, 15) is 5.11 Å². The lowest BCUT2D eigenvalue weighted by Gasteiger charge is -2.41. The van der Waals surface area contributed by atoms with Crippen LogP contribution in [0.3, 0.4) is 0 Å². The third-order valence-electron chi connectivity index (χ3n) is 3.06. The highest BCUT2D eigenvalue weighted by Gasteiger charge is 2.29. The van der Waals surface area contributed by atoms with Gasteiger partial charge in [0, 0.05) is 25.1 Å². The maximum atomic E-state index is 9.23. The first-order valence-corrected chi connectivity index (χ1v) is 5.68. The normalized spacial score (nSPS) is 23.8. The molecule has 0 bridgehead atoms. The zero-order chi connectivity index (χ0) is 10.8. The molecule has 1 rings (SSSR count). The van der Waals surface area contributed by atoms with Crippen molar-refractivity contribution in [3.05, 3.63) is 0 Å². The molecular formula is C12H25NO. The second kappa shape index (κ2) is 4.19. The molecule has 1 saturated heterocycles. The molecule has 84 valence electrons. The summed E-state index contributed by atoms with van der Waals surface area (Å²) in [6.07, 6.45) is 2.64. The van der Waals surface area contributed by atoms with E-state index >= 15 is 0 Å². The van der Waals surface area contributed by atoms with E-state index in [4.69, 9.17) is 0 Å². The first-order valence-electron chi connectivity index (χ1n) is 5.68. The molecule has 2 nitrogen and oxygen atoms in total. The predicted octanol–water partition coefficient (Wildman–Crippen LogP) is 2.13. The van der Waals surface area contributed by atoms with Gasteiger partial charge in [0.15, 0.2) is 0 Å². The molecule has 1 fully saturated rings. The molecule has 1 heterocycles. The van der Waals surface area contributed by atoms with Crippen molar-refractivity contribution in [2.24, 2.45) is 10.8 Å². The Bertz CT molecular complexity index is 187. The maximum Gasteiger partial charge on any atom is 0.0494 e. The lowest BCUT2D eigenvalue weighted by molar-refractivity contribution is 0.0537. The van der Waals surface area contributed by atoms with E-state index in [2.05, 4.69) is 32.6 Å². The summed E-state index contributed by atoms with van der Waals surface area (Å²) in [6, 6.07) is 0. The Labute approximate surface area is 88.3 Å². The van der Waals surface area contributed by atoms with Crippen molar-refractivity contribution in [1.82, 2.24) is 4.90 Å². The topological polar surface area (TPSA) is 23.5 Å². The average molecular weight is 199 g/mol. The van der Waals surface area contributed by atoms with E-state index in [1.165, 1.54) is 25.9 Å². The number of hydrogen-bond donors (Lipinski definition) is 1. The van der Waals surface area contributed by atoms with E-state index in [1.807, 2.05) is 0 Å². The quantitative estimate of drug-likeness (QED) is 0.752. The molecule has 0 spiro atoms. The van der Waals surface area contributed by atoms with Crippen LogP contribution in [0.15, 0.2) is 0 Å². The fourth-order valence-electron chi connectivity index (χ4n) is 2.33. The van der Waals surface area contributed by atoms with E-state index < -0.39 is 0 Å². The van der Waals surface area contributed by atoms with Crippen LogP contribution in [0.5, 0.6) is 0 Å². The predicted molar refractivity (Wildman–Crippen MR) is 60.3 cm³/mol. The average Bonchev–Trinajstić information content (AvgIpc) is 2.01. The Kier molecular flexibility index (Phi) is 3.59. The van der Waals surface area contributed by atoms with Gasteiger partial charge in [-0.3, -0.25) is 0 Å². The Morgan fingerprint density at radius 1 is 1.36 bits per heavy atom. The molecule has 0 aliphatic carbocycles. The largest absolute Gasteiger partial charge is 0.396 e. The van der Waals surface area contributed by atoms with Gasteiger partial charge in [0.25, 0.3) is 0 Å². The molecule has 1 aliphatic heterocycles. The van der Waals surface area contributed by atoms with E-state index in [0.29, 0.717) is 5.41 Å². The van der Waals surface area contributed by atoms with Crippen molar-refractivity contribution in [1.29, 1.82) is 0 Å². The Balaban J connectivity index is 2.46. The summed E-state index contributed by atoms with van der Waals surface area (Å²) < 4.78 is 0. The summed E-state index contributed by atoms with van der Waals surface area (Å²) in [7, 11) is 0. The monoisotopic (exact) mass is 199 g/mol. The number of nitrogens with zero attached hydrogens (tertiary/aromatic N) is 1. The third kappa shape index (κ3) is 3.58. The highest BCUT2D eigenvalue weighted by molar-refractivity contribution is 4.82. The smallest absolute Gasteiger partial charge is 0.0494 e. The first kappa shape index (κ1) is 12.0. The van der Waals surface area contributed by atoms with Crippen LogP contribution in [-0.4, -0.2) is 36.2 Å². The molecule has 2 heteroatoms. The van der Waals surface area contributed by atoms with Crippen LogP contribution in [0, 0.1) is 10.8 Å². The molecular weight excluding hydrogens is 174 g/mol. The first-order chi connectivity index (χ1) is 6.35. The van der Waals surface area contributed by atoms with Gasteiger partial charge >= 0.3 is 0 Å². The molecule has 14 heavy (non-hydrogen) atoms. The minimum Gasteiger partial charge on any atom is -0.396 e. The number of likely N-dealkylation sites (tertiary alicyclic amines) is 1. The molecule has 0 amide bonds. The van der Waals surface area contributed by atoms with Crippen LogP contribution in [0.1, 0.15) is 40.5 Å². The van der Waals surface area contributed by atoms with Gasteiger partial charge in [-0.1, -0.05) is 27.7 Å². The third-order valence-corrected chi connectivity index (χ3v) is 3.06. The zero-order valence-corrected chi connectivity index (χ0v) is 10.1. The number of aliphatic hydroxyl groups excluding tert-OH is 1. The SMILES string of the molecule is CC(C)(CO)CN1CCCC(C)(C)C1. The van der Waals surface area contributed by atoms with Crippen LogP contribution in [0.25, 0.3) is 0 Å². The van der Waals surface area contributed by atoms with Crippen LogP contribution in [0.4, 0.5) is 0 Å². The Hall–Kier alpha value is -0.0800.